The van der Waals surface area contributed by atoms with E-state index in [0.717, 1.165) is 89.4 Å². The summed E-state index contributed by atoms with van der Waals surface area (Å²) in [6.07, 6.45) is 0. The van der Waals surface area contributed by atoms with E-state index in [2.05, 4.69) is 220 Å². The lowest BCUT2D eigenvalue weighted by Gasteiger charge is -2.23. The maximum absolute atomic E-state index is 9.43. The van der Waals surface area contributed by atoms with E-state index in [0.29, 0.717) is 11.4 Å². The van der Waals surface area contributed by atoms with Gasteiger partial charge in [-0.15, -0.1) is 0 Å². The summed E-state index contributed by atoms with van der Waals surface area (Å²) in [5, 5.41) is 16.5. The van der Waals surface area contributed by atoms with Crippen LogP contribution >= 0.6 is 0 Å². The van der Waals surface area contributed by atoms with Crippen molar-refractivity contribution in [2.45, 2.75) is 0 Å². The van der Waals surface area contributed by atoms with Gasteiger partial charge in [0.05, 0.1) is 73.2 Å². The number of para-hydroxylation sites is 6. The number of benzene rings is 10. The van der Waals surface area contributed by atoms with E-state index in [9.17, 15) is 5.26 Å². The highest BCUT2D eigenvalue weighted by molar-refractivity contribution is 6.14. The van der Waals surface area contributed by atoms with Crippen molar-refractivity contribution in [2.24, 2.45) is 0 Å². The van der Waals surface area contributed by atoms with Gasteiger partial charge in [-0.3, -0.25) is 0 Å². The second-order valence-electron chi connectivity index (χ2n) is 18.1. The van der Waals surface area contributed by atoms with Gasteiger partial charge in [0, 0.05) is 49.0 Å². The standard InChI is InChI=1S/C65H40N6/c66-41-42-30-32-43(33-31-42)44-34-36-45(37-35-44)54-40-55(68-65(67-54)46-16-2-1-3-17-46)47-38-62(69-56-24-10-4-18-48(56)49-19-5-11-25-57(49)69)64(71-60-28-14-8-22-52(60)53-23-9-15-29-61(53)71)63(39-47)70-58-26-12-6-20-50(58)51-21-7-13-27-59(51)70/h1-40H. The van der Waals surface area contributed by atoms with Crippen molar-refractivity contribution < 1.29 is 0 Å². The quantitative estimate of drug-likeness (QED) is 0.160. The van der Waals surface area contributed by atoms with Gasteiger partial charge in [0.1, 0.15) is 0 Å². The van der Waals surface area contributed by atoms with Crippen LogP contribution in [-0.4, -0.2) is 23.7 Å². The molecule has 330 valence electrons. The van der Waals surface area contributed by atoms with Crippen molar-refractivity contribution in [3.63, 3.8) is 0 Å². The van der Waals surface area contributed by atoms with Crippen molar-refractivity contribution in [2.75, 3.05) is 0 Å². The van der Waals surface area contributed by atoms with Crippen LogP contribution in [-0.2, 0) is 0 Å². The molecule has 10 aromatic carbocycles. The number of aromatic nitrogens is 5. The molecule has 4 heterocycles. The molecule has 0 aliphatic carbocycles. The first kappa shape index (κ1) is 40.3. The largest absolute Gasteiger partial charge is 0.307 e. The zero-order valence-corrected chi connectivity index (χ0v) is 38.3. The second-order valence-corrected chi connectivity index (χ2v) is 18.1. The first-order chi connectivity index (χ1) is 35.2. The molecule has 6 nitrogen and oxygen atoms in total. The molecule has 0 radical (unpaired) electrons. The third-order valence-corrected chi connectivity index (χ3v) is 14.1. The van der Waals surface area contributed by atoms with E-state index in [-0.39, 0.29) is 0 Å². The normalized spacial score (nSPS) is 11.6. The van der Waals surface area contributed by atoms with Gasteiger partial charge in [-0.1, -0.05) is 176 Å². The van der Waals surface area contributed by atoms with E-state index in [1.165, 1.54) is 32.3 Å². The molecule has 0 saturated carbocycles. The minimum absolute atomic E-state index is 0.637. The Labute approximate surface area is 408 Å². The lowest BCUT2D eigenvalue weighted by atomic mass is 10.0. The maximum Gasteiger partial charge on any atom is 0.160 e. The zero-order chi connectivity index (χ0) is 47.0. The highest BCUT2D eigenvalue weighted by Gasteiger charge is 2.27. The van der Waals surface area contributed by atoms with Crippen LogP contribution in [0.25, 0.3) is 128 Å². The molecule has 6 heteroatoms. The molecule has 0 spiro atoms. The van der Waals surface area contributed by atoms with Crippen LogP contribution in [0.15, 0.2) is 243 Å². The van der Waals surface area contributed by atoms with Crippen LogP contribution in [0.1, 0.15) is 5.56 Å². The van der Waals surface area contributed by atoms with Crippen molar-refractivity contribution in [1.82, 2.24) is 23.7 Å². The molecular formula is C65H40N6. The average Bonchev–Trinajstić information content (AvgIpc) is 4.09. The van der Waals surface area contributed by atoms with Crippen LogP contribution < -0.4 is 0 Å². The Morgan fingerprint density at radius 3 is 1.04 bits per heavy atom. The molecule has 0 saturated heterocycles. The highest BCUT2D eigenvalue weighted by atomic mass is 15.1. The summed E-state index contributed by atoms with van der Waals surface area (Å²) in [4.78, 5) is 10.8. The SMILES string of the molecule is N#Cc1ccc(-c2ccc(-c3cc(-c4cc(-n5c6ccccc6c6ccccc65)c(-n5c6ccccc6c6ccccc65)c(-n5c6ccccc6c6ccccc65)c4)nc(-c4ccccc4)n3)cc2)cc1. The predicted octanol–water partition coefficient (Wildman–Crippen LogP) is 16.3. The van der Waals surface area contributed by atoms with Crippen molar-refractivity contribution >= 4 is 65.4 Å². The zero-order valence-electron chi connectivity index (χ0n) is 38.3. The third-order valence-electron chi connectivity index (χ3n) is 14.1. The fraction of sp³-hybridized carbons (Fsp3) is 0. The first-order valence-electron chi connectivity index (χ1n) is 23.9. The molecule has 0 aliphatic heterocycles. The monoisotopic (exact) mass is 904 g/mol. The summed E-state index contributed by atoms with van der Waals surface area (Å²) in [5.41, 5.74) is 16.9. The molecule has 14 aromatic rings. The van der Waals surface area contributed by atoms with E-state index in [1.807, 2.05) is 42.5 Å². The van der Waals surface area contributed by atoms with Gasteiger partial charge in [-0.05, 0) is 77.9 Å². The van der Waals surface area contributed by atoms with Gasteiger partial charge in [0.25, 0.3) is 0 Å². The highest BCUT2D eigenvalue weighted by Crippen LogP contribution is 2.45. The molecule has 0 N–H and O–H groups in total. The van der Waals surface area contributed by atoms with Gasteiger partial charge in [-0.2, -0.15) is 5.26 Å². The van der Waals surface area contributed by atoms with Crippen molar-refractivity contribution in [3.05, 3.63) is 248 Å². The summed E-state index contributed by atoms with van der Waals surface area (Å²) in [6.45, 7) is 0. The molecule has 0 bridgehead atoms. The second kappa shape index (κ2) is 16.2. The smallest absolute Gasteiger partial charge is 0.160 e. The predicted molar refractivity (Wildman–Crippen MR) is 292 cm³/mol. The van der Waals surface area contributed by atoms with Crippen molar-refractivity contribution in [1.29, 1.82) is 5.26 Å². The van der Waals surface area contributed by atoms with E-state index in [1.54, 1.807) is 0 Å². The van der Waals surface area contributed by atoms with Gasteiger partial charge in [0.15, 0.2) is 5.82 Å². The van der Waals surface area contributed by atoms with Crippen LogP contribution in [0.3, 0.4) is 0 Å². The lowest BCUT2D eigenvalue weighted by molar-refractivity contribution is 1.05. The van der Waals surface area contributed by atoms with E-state index >= 15 is 0 Å². The molecular weight excluding hydrogens is 865 g/mol. The van der Waals surface area contributed by atoms with Crippen LogP contribution in [0.4, 0.5) is 0 Å². The Hall–Kier alpha value is -9.83. The topological polar surface area (TPSA) is 64.4 Å². The molecule has 4 aromatic heterocycles. The summed E-state index contributed by atoms with van der Waals surface area (Å²) >= 11 is 0. The summed E-state index contributed by atoms with van der Waals surface area (Å²) in [7, 11) is 0. The molecule has 14 rings (SSSR count). The van der Waals surface area contributed by atoms with Gasteiger partial charge < -0.3 is 13.7 Å². The number of fused-ring (bicyclic) bond motifs is 9. The Bertz CT molecular complexity index is 4160. The lowest BCUT2D eigenvalue weighted by Crippen LogP contribution is -2.10. The number of nitrogens with zero attached hydrogens (tertiary/aromatic N) is 6. The minimum atomic E-state index is 0.637. The van der Waals surface area contributed by atoms with Crippen LogP contribution in [0.5, 0.6) is 0 Å². The fourth-order valence-electron chi connectivity index (χ4n) is 10.9. The number of hydrogen-bond donors (Lipinski definition) is 0. The van der Waals surface area contributed by atoms with E-state index < -0.39 is 0 Å². The number of rotatable bonds is 7. The third kappa shape index (κ3) is 6.41. The number of nitriles is 1. The minimum Gasteiger partial charge on any atom is -0.307 e. The Morgan fingerprint density at radius 1 is 0.296 bits per heavy atom. The molecule has 0 amide bonds. The van der Waals surface area contributed by atoms with Gasteiger partial charge >= 0.3 is 0 Å². The summed E-state index contributed by atoms with van der Waals surface area (Å²) in [6, 6.07) is 88.2. The Balaban J connectivity index is 1.13. The fourth-order valence-corrected chi connectivity index (χ4v) is 10.9. The van der Waals surface area contributed by atoms with E-state index in [4.69, 9.17) is 9.97 Å². The molecule has 71 heavy (non-hydrogen) atoms. The molecule has 0 atom stereocenters. The molecule has 0 fully saturated rings. The van der Waals surface area contributed by atoms with Gasteiger partial charge in [-0.25, -0.2) is 9.97 Å². The van der Waals surface area contributed by atoms with Crippen molar-refractivity contribution in [3.8, 4) is 68.2 Å². The van der Waals surface area contributed by atoms with Crippen LogP contribution in [0, 0.1) is 11.3 Å². The van der Waals surface area contributed by atoms with Gasteiger partial charge in [0.2, 0.25) is 0 Å². The summed E-state index contributed by atoms with van der Waals surface area (Å²) < 4.78 is 7.42. The van der Waals surface area contributed by atoms with Crippen LogP contribution in [0.2, 0.25) is 0 Å². The summed E-state index contributed by atoms with van der Waals surface area (Å²) in [5.74, 6) is 0.637. The molecule has 0 aliphatic rings. The Kier molecular flexibility index (Phi) is 9.16. The first-order valence-corrected chi connectivity index (χ1v) is 23.9. The average molecular weight is 905 g/mol. The number of hydrogen-bond acceptors (Lipinski definition) is 3. The molecule has 0 unspecified atom stereocenters. The Morgan fingerprint density at radius 2 is 0.634 bits per heavy atom. The maximum atomic E-state index is 9.43.